The van der Waals surface area contributed by atoms with Crippen molar-refractivity contribution in [3.8, 4) is 0 Å². The number of aromatic nitrogens is 2. The Labute approximate surface area is 122 Å². The van der Waals surface area contributed by atoms with Crippen LogP contribution in [0.3, 0.4) is 0 Å². The molecule has 0 bridgehead atoms. The van der Waals surface area contributed by atoms with Crippen LogP contribution >= 0.6 is 11.6 Å². The lowest BCUT2D eigenvalue weighted by atomic mass is 10.1. The molecule has 0 fully saturated rings. The van der Waals surface area contributed by atoms with E-state index in [0.29, 0.717) is 11.4 Å². The van der Waals surface area contributed by atoms with Gasteiger partial charge in [0.2, 0.25) is 0 Å². The SMILES string of the molecule is CNc1cc(C(=O)NC(C)c2cccnc2)cc(Cl)n1. The summed E-state index contributed by atoms with van der Waals surface area (Å²) in [5, 5.41) is 6.03. The van der Waals surface area contributed by atoms with Crippen LogP contribution in [0, 0.1) is 0 Å². The topological polar surface area (TPSA) is 66.9 Å². The van der Waals surface area contributed by atoms with Crippen molar-refractivity contribution in [2.45, 2.75) is 13.0 Å². The van der Waals surface area contributed by atoms with Crippen molar-refractivity contribution >= 4 is 23.3 Å². The minimum Gasteiger partial charge on any atom is -0.373 e. The zero-order valence-electron chi connectivity index (χ0n) is 11.2. The monoisotopic (exact) mass is 290 g/mol. The minimum atomic E-state index is -0.206. The second-order valence-electron chi connectivity index (χ2n) is 4.30. The van der Waals surface area contributed by atoms with Crippen LogP contribution in [0.15, 0.2) is 36.7 Å². The van der Waals surface area contributed by atoms with Crippen molar-refractivity contribution in [2.24, 2.45) is 0 Å². The number of halogens is 1. The van der Waals surface area contributed by atoms with Gasteiger partial charge in [0.1, 0.15) is 11.0 Å². The highest BCUT2D eigenvalue weighted by molar-refractivity contribution is 6.29. The molecule has 0 aliphatic heterocycles. The van der Waals surface area contributed by atoms with Crippen LogP contribution < -0.4 is 10.6 Å². The molecule has 0 aromatic carbocycles. The number of hydrogen-bond acceptors (Lipinski definition) is 4. The summed E-state index contributed by atoms with van der Waals surface area (Å²) in [6, 6.07) is 6.79. The summed E-state index contributed by atoms with van der Waals surface area (Å²) in [5.74, 6) is 0.346. The van der Waals surface area contributed by atoms with Crippen LogP contribution in [-0.4, -0.2) is 22.9 Å². The zero-order valence-corrected chi connectivity index (χ0v) is 12.0. The first-order valence-electron chi connectivity index (χ1n) is 6.16. The highest BCUT2D eigenvalue weighted by Crippen LogP contribution is 2.16. The van der Waals surface area contributed by atoms with Crippen molar-refractivity contribution in [2.75, 3.05) is 12.4 Å². The summed E-state index contributed by atoms with van der Waals surface area (Å²) in [6.07, 6.45) is 3.42. The highest BCUT2D eigenvalue weighted by Gasteiger charge is 2.13. The third-order valence-corrected chi connectivity index (χ3v) is 3.04. The van der Waals surface area contributed by atoms with Gasteiger partial charge < -0.3 is 10.6 Å². The third kappa shape index (κ3) is 3.45. The number of nitrogens with zero attached hydrogens (tertiary/aromatic N) is 2. The largest absolute Gasteiger partial charge is 0.373 e. The second-order valence-corrected chi connectivity index (χ2v) is 4.68. The maximum absolute atomic E-state index is 12.2. The van der Waals surface area contributed by atoms with Gasteiger partial charge in [0, 0.05) is 25.0 Å². The molecule has 1 unspecified atom stereocenters. The maximum atomic E-state index is 12.2. The van der Waals surface area contributed by atoms with Gasteiger partial charge in [-0.1, -0.05) is 17.7 Å². The summed E-state index contributed by atoms with van der Waals surface area (Å²) in [7, 11) is 1.72. The third-order valence-electron chi connectivity index (χ3n) is 2.84. The van der Waals surface area contributed by atoms with Crippen molar-refractivity contribution in [3.63, 3.8) is 0 Å². The van der Waals surface area contributed by atoms with Crippen LogP contribution in [0.2, 0.25) is 5.15 Å². The fourth-order valence-corrected chi connectivity index (χ4v) is 1.96. The van der Waals surface area contributed by atoms with Crippen molar-refractivity contribution in [1.29, 1.82) is 0 Å². The predicted molar refractivity (Wildman–Crippen MR) is 78.9 cm³/mol. The summed E-state index contributed by atoms with van der Waals surface area (Å²) in [4.78, 5) is 20.3. The van der Waals surface area contributed by atoms with Gasteiger partial charge in [-0.2, -0.15) is 0 Å². The molecule has 104 valence electrons. The van der Waals surface area contributed by atoms with E-state index in [0.717, 1.165) is 5.56 Å². The zero-order chi connectivity index (χ0) is 14.5. The van der Waals surface area contributed by atoms with E-state index >= 15 is 0 Å². The molecule has 2 aromatic rings. The van der Waals surface area contributed by atoms with Crippen LogP contribution in [0.1, 0.15) is 28.9 Å². The van der Waals surface area contributed by atoms with Crippen LogP contribution in [0.5, 0.6) is 0 Å². The van der Waals surface area contributed by atoms with Gasteiger partial charge in [0.05, 0.1) is 6.04 Å². The standard InChI is InChI=1S/C14H15ClN4O/c1-9(10-4-3-5-17-8-10)18-14(20)11-6-12(15)19-13(7-11)16-2/h3-9H,1-2H3,(H,16,19)(H,18,20). The number of pyridine rings is 2. The van der Waals surface area contributed by atoms with Gasteiger partial charge in [-0.15, -0.1) is 0 Å². The molecule has 0 saturated heterocycles. The normalized spacial score (nSPS) is 11.8. The molecule has 0 aliphatic carbocycles. The van der Waals surface area contributed by atoms with Gasteiger partial charge >= 0.3 is 0 Å². The van der Waals surface area contributed by atoms with Crippen LogP contribution in [0.25, 0.3) is 0 Å². The van der Waals surface area contributed by atoms with Crippen molar-refractivity contribution in [1.82, 2.24) is 15.3 Å². The van der Waals surface area contributed by atoms with Crippen molar-refractivity contribution in [3.05, 3.63) is 52.9 Å². The molecular formula is C14H15ClN4O. The molecule has 2 aromatic heterocycles. The molecule has 0 saturated carbocycles. The summed E-state index contributed by atoms with van der Waals surface area (Å²) in [6.45, 7) is 1.90. The van der Waals surface area contributed by atoms with Gasteiger partial charge in [-0.3, -0.25) is 9.78 Å². The first-order valence-corrected chi connectivity index (χ1v) is 6.54. The molecule has 2 heterocycles. The Morgan fingerprint density at radius 2 is 2.20 bits per heavy atom. The molecule has 6 heteroatoms. The van der Waals surface area contributed by atoms with E-state index in [9.17, 15) is 4.79 Å². The van der Waals surface area contributed by atoms with E-state index in [1.165, 1.54) is 6.07 Å². The molecule has 5 nitrogen and oxygen atoms in total. The molecule has 0 spiro atoms. The summed E-state index contributed by atoms with van der Waals surface area (Å²) in [5.41, 5.74) is 1.40. The van der Waals surface area contributed by atoms with E-state index in [1.807, 2.05) is 19.1 Å². The van der Waals surface area contributed by atoms with Gasteiger partial charge in [-0.25, -0.2) is 4.98 Å². The second kappa shape index (κ2) is 6.34. The molecule has 2 rings (SSSR count). The van der Waals surface area contributed by atoms with Gasteiger partial charge in [0.15, 0.2) is 0 Å². The average Bonchev–Trinajstić information content (AvgIpc) is 2.47. The van der Waals surface area contributed by atoms with Gasteiger partial charge in [0.25, 0.3) is 5.91 Å². The number of carbonyl (C=O) groups is 1. The Kier molecular flexibility index (Phi) is 4.53. The predicted octanol–water partition coefficient (Wildman–Crippen LogP) is 2.66. The molecule has 2 N–H and O–H groups in total. The Morgan fingerprint density at radius 3 is 2.85 bits per heavy atom. The molecule has 0 aliphatic rings. The Morgan fingerprint density at radius 1 is 1.40 bits per heavy atom. The number of anilines is 1. The number of carbonyl (C=O) groups excluding carboxylic acids is 1. The molecular weight excluding hydrogens is 276 g/mol. The Hall–Kier alpha value is -2.14. The molecule has 0 radical (unpaired) electrons. The highest BCUT2D eigenvalue weighted by atomic mass is 35.5. The number of hydrogen-bond donors (Lipinski definition) is 2. The van der Waals surface area contributed by atoms with Crippen LogP contribution in [0.4, 0.5) is 5.82 Å². The summed E-state index contributed by atoms with van der Waals surface area (Å²) < 4.78 is 0. The smallest absolute Gasteiger partial charge is 0.251 e. The fourth-order valence-electron chi connectivity index (χ4n) is 1.75. The fraction of sp³-hybridized carbons (Fsp3) is 0.214. The lowest BCUT2D eigenvalue weighted by Gasteiger charge is -2.14. The number of rotatable bonds is 4. The molecule has 20 heavy (non-hydrogen) atoms. The van der Waals surface area contributed by atoms with E-state index in [1.54, 1.807) is 25.5 Å². The van der Waals surface area contributed by atoms with E-state index in [4.69, 9.17) is 11.6 Å². The van der Waals surface area contributed by atoms with Gasteiger partial charge in [-0.05, 0) is 30.7 Å². The molecule has 1 atom stereocenters. The molecule has 1 amide bonds. The lowest BCUT2D eigenvalue weighted by Crippen LogP contribution is -2.26. The quantitative estimate of drug-likeness (QED) is 0.850. The van der Waals surface area contributed by atoms with E-state index in [-0.39, 0.29) is 17.1 Å². The maximum Gasteiger partial charge on any atom is 0.251 e. The van der Waals surface area contributed by atoms with E-state index < -0.39 is 0 Å². The Bertz CT molecular complexity index is 603. The Balaban J connectivity index is 2.14. The summed E-state index contributed by atoms with van der Waals surface area (Å²) >= 11 is 5.89. The first-order chi connectivity index (χ1) is 9.60. The minimum absolute atomic E-state index is 0.138. The first kappa shape index (κ1) is 14.3. The van der Waals surface area contributed by atoms with Crippen molar-refractivity contribution < 1.29 is 4.79 Å². The van der Waals surface area contributed by atoms with Crippen LogP contribution in [-0.2, 0) is 0 Å². The van der Waals surface area contributed by atoms with E-state index in [2.05, 4.69) is 20.6 Å². The average molecular weight is 291 g/mol. The number of amides is 1. The lowest BCUT2D eigenvalue weighted by molar-refractivity contribution is 0.0940. The number of nitrogens with one attached hydrogen (secondary N) is 2.